The Kier molecular flexibility index (Phi) is 3.61. The zero-order valence-corrected chi connectivity index (χ0v) is 10.2. The van der Waals surface area contributed by atoms with Crippen LogP contribution in [0.5, 0.6) is 0 Å². The number of nitrogens with zero attached hydrogens (tertiary/aromatic N) is 1. The molecule has 0 saturated heterocycles. The van der Waals surface area contributed by atoms with Gasteiger partial charge < -0.3 is 14.9 Å². The molecule has 6 nitrogen and oxygen atoms in total. The van der Waals surface area contributed by atoms with E-state index in [1.165, 1.54) is 18.3 Å². The van der Waals surface area contributed by atoms with Crippen LogP contribution in [0.15, 0.2) is 35.0 Å². The molecule has 2 rings (SSSR count). The summed E-state index contributed by atoms with van der Waals surface area (Å²) >= 11 is 0. The van der Waals surface area contributed by atoms with E-state index in [-0.39, 0.29) is 23.8 Å². The van der Waals surface area contributed by atoms with E-state index in [2.05, 4.69) is 10.5 Å². The van der Waals surface area contributed by atoms with E-state index in [1.807, 2.05) is 0 Å². The topological polar surface area (TPSA) is 92.4 Å². The summed E-state index contributed by atoms with van der Waals surface area (Å²) in [6.07, 6.45) is 1.46. The molecule has 19 heavy (non-hydrogen) atoms. The van der Waals surface area contributed by atoms with Crippen LogP contribution in [0.2, 0.25) is 0 Å². The number of carbonyl (C=O) groups excluding carboxylic acids is 1. The molecule has 1 heterocycles. The Morgan fingerprint density at radius 3 is 2.84 bits per heavy atom. The number of carboxylic acids is 1. The maximum absolute atomic E-state index is 11.8. The van der Waals surface area contributed by atoms with Gasteiger partial charge in [-0.2, -0.15) is 0 Å². The fraction of sp³-hybridized carbons (Fsp3) is 0.154. The van der Waals surface area contributed by atoms with Crippen LogP contribution >= 0.6 is 0 Å². The van der Waals surface area contributed by atoms with Gasteiger partial charge in [0.05, 0.1) is 11.8 Å². The fourth-order valence-corrected chi connectivity index (χ4v) is 1.59. The molecule has 2 N–H and O–H groups in total. The van der Waals surface area contributed by atoms with Gasteiger partial charge in [0.1, 0.15) is 0 Å². The predicted molar refractivity (Wildman–Crippen MR) is 65.8 cm³/mol. The van der Waals surface area contributed by atoms with Gasteiger partial charge in [-0.05, 0) is 24.6 Å². The molecule has 0 aliphatic heterocycles. The van der Waals surface area contributed by atoms with Crippen molar-refractivity contribution in [3.8, 4) is 0 Å². The van der Waals surface area contributed by atoms with Crippen LogP contribution in [0.1, 0.15) is 32.0 Å². The average Bonchev–Trinajstić information content (AvgIpc) is 2.82. The molecule has 0 aliphatic carbocycles. The number of aromatic carboxylic acids is 1. The molecule has 0 spiro atoms. The Hall–Kier alpha value is -2.63. The minimum absolute atomic E-state index is 0.161. The number of rotatable bonds is 4. The summed E-state index contributed by atoms with van der Waals surface area (Å²) in [6.45, 7) is 1.94. The van der Waals surface area contributed by atoms with Crippen molar-refractivity contribution in [1.82, 2.24) is 10.5 Å². The zero-order chi connectivity index (χ0) is 13.8. The summed E-state index contributed by atoms with van der Waals surface area (Å²) in [6, 6.07) is 6.37. The standard InChI is InChI=1S/C13H12N2O4/c1-8-6-15-19-11(8)12(16)14-7-9-3-2-4-10(5-9)13(17)18/h2-6H,7H2,1H3,(H,14,16)(H,17,18). The molecule has 0 radical (unpaired) electrons. The summed E-state index contributed by atoms with van der Waals surface area (Å²) in [5.41, 5.74) is 1.53. The van der Waals surface area contributed by atoms with Crippen LogP contribution < -0.4 is 5.32 Å². The lowest BCUT2D eigenvalue weighted by Gasteiger charge is -2.04. The number of amides is 1. The summed E-state index contributed by atoms with van der Waals surface area (Å²) < 4.78 is 4.82. The summed E-state index contributed by atoms with van der Waals surface area (Å²) in [5, 5.41) is 15.0. The molecule has 0 fully saturated rings. The Morgan fingerprint density at radius 2 is 2.21 bits per heavy atom. The van der Waals surface area contributed by atoms with Crippen molar-refractivity contribution >= 4 is 11.9 Å². The molecule has 0 atom stereocenters. The van der Waals surface area contributed by atoms with E-state index < -0.39 is 5.97 Å². The average molecular weight is 260 g/mol. The molecular formula is C13H12N2O4. The highest BCUT2D eigenvalue weighted by Gasteiger charge is 2.13. The number of carboxylic acid groups (broad SMARTS) is 1. The van der Waals surface area contributed by atoms with Crippen LogP contribution in [0.4, 0.5) is 0 Å². The van der Waals surface area contributed by atoms with Crippen molar-refractivity contribution < 1.29 is 19.2 Å². The van der Waals surface area contributed by atoms with E-state index in [1.54, 1.807) is 19.1 Å². The molecule has 2 aromatic rings. The van der Waals surface area contributed by atoms with Crippen LogP contribution in [0.3, 0.4) is 0 Å². The lowest BCUT2D eigenvalue weighted by molar-refractivity contribution is 0.0696. The lowest BCUT2D eigenvalue weighted by Crippen LogP contribution is -2.23. The number of aryl methyl sites for hydroxylation is 1. The third-order valence-corrected chi connectivity index (χ3v) is 2.58. The monoisotopic (exact) mass is 260 g/mol. The van der Waals surface area contributed by atoms with Gasteiger partial charge >= 0.3 is 5.97 Å². The van der Waals surface area contributed by atoms with Crippen LogP contribution in [-0.2, 0) is 6.54 Å². The maximum Gasteiger partial charge on any atom is 0.335 e. The quantitative estimate of drug-likeness (QED) is 0.871. The molecule has 1 aromatic carbocycles. The van der Waals surface area contributed by atoms with Crippen molar-refractivity contribution in [2.24, 2.45) is 0 Å². The van der Waals surface area contributed by atoms with E-state index in [0.717, 1.165) is 0 Å². The highest BCUT2D eigenvalue weighted by Crippen LogP contribution is 2.08. The molecule has 1 amide bonds. The summed E-state index contributed by atoms with van der Waals surface area (Å²) in [4.78, 5) is 22.6. The van der Waals surface area contributed by atoms with Crippen LogP contribution in [0.25, 0.3) is 0 Å². The Morgan fingerprint density at radius 1 is 1.42 bits per heavy atom. The second kappa shape index (κ2) is 5.34. The molecule has 1 aromatic heterocycles. The molecule has 0 bridgehead atoms. The zero-order valence-electron chi connectivity index (χ0n) is 10.2. The maximum atomic E-state index is 11.8. The van der Waals surface area contributed by atoms with Gasteiger partial charge in [-0.1, -0.05) is 17.3 Å². The largest absolute Gasteiger partial charge is 0.478 e. The number of nitrogens with one attached hydrogen (secondary N) is 1. The van der Waals surface area contributed by atoms with Gasteiger partial charge in [-0.15, -0.1) is 0 Å². The Labute approximate surface area is 109 Å². The fourth-order valence-electron chi connectivity index (χ4n) is 1.59. The van der Waals surface area contributed by atoms with Crippen LogP contribution in [-0.4, -0.2) is 22.1 Å². The van der Waals surface area contributed by atoms with E-state index in [0.29, 0.717) is 11.1 Å². The van der Waals surface area contributed by atoms with Gasteiger partial charge in [-0.3, -0.25) is 4.79 Å². The van der Waals surface area contributed by atoms with Crippen molar-refractivity contribution in [1.29, 1.82) is 0 Å². The van der Waals surface area contributed by atoms with Gasteiger partial charge in [0.25, 0.3) is 5.91 Å². The Bertz CT molecular complexity index is 619. The third kappa shape index (κ3) is 2.98. The van der Waals surface area contributed by atoms with E-state index in [4.69, 9.17) is 9.63 Å². The van der Waals surface area contributed by atoms with Gasteiger partial charge in [-0.25, -0.2) is 4.79 Å². The first kappa shape index (κ1) is 12.8. The van der Waals surface area contributed by atoms with Crippen molar-refractivity contribution in [3.63, 3.8) is 0 Å². The third-order valence-electron chi connectivity index (χ3n) is 2.58. The molecule has 0 saturated carbocycles. The van der Waals surface area contributed by atoms with Crippen molar-refractivity contribution in [2.75, 3.05) is 0 Å². The lowest BCUT2D eigenvalue weighted by atomic mass is 10.1. The number of hydrogen-bond donors (Lipinski definition) is 2. The molecule has 0 unspecified atom stereocenters. The van der Waals surface area contributed by atoms with Crippen molar-refractivity contribution in [3.05, 3.63) is 52.9 Å². The highest BCUT2D eigenvalue weighted by molar-refractivity contribution is 5.92. The first-order chi connectivity index (χ1) is 9.08. The van der Waals surface area contributed by atoms with Crippen LogP contribution in [0, 0.1) is 6.92 Å². The molecular weight excluding hydrogens is 248 g/mol. The first-order valence-corrected chi connectivity index (χ1v) is 5.59. The predicted octanol–water partition coefficient (Wildman–Crippen LogP) is 1.61. The molecule has 0 aliphatic rings. The minimum Gasteiger partial charge on any atom is -0.478 e. The van der Waals surface area contributed by atoms with Gasteiger partial charge in [0.15, 0.2) is 0 Å². The van der Waals surface area contributed by atoms with E-state index >= 15 is 0 Å². The van der Waals surface area contributed by atoms with E-state index in [9.17, 15) is 9.59 Å². The summed E-state index contributed by atoms with van der Waals surface area (Å²) in [7, 11) is 0. The molecule has 6 heteroatoms. The highest BCUT2D eigenvalue weighted by atomic mass is 16.5. The first-order valence-electron chi connectivity index (χ1n) is 5.59. The normalized spacial score (nSPS) is 10.2. The van der Waals surface area contributed by atoms with Crippen molar-refractivity contribution in [2.45, 2.75) is 13.5 Å². The summed E-state index contributed by atoms with van der Waals surface area (Å²) in [5.74, 6) is -1.22. The minimum atomic E-state index is -1.00. The second-order valence-electron chi connectivity index (χ2n) is 4.03. The number of benzene rings is 1. The van der Waals surface area contributed by atoms with Gasteiger partial charge in [0, 0.05) is 12.1 Å². The molecule has 98 valence electrons. The second-order valence-corrected chi connectivity index (χ2v) is 4.03. The van der Waals surface area contributed by atoms with Gasteiger partial charge in [0.2, 0.25) is 5.76 Å². The number of hydrogen-bond acceptors (Lipinski definition) is 4. The SMILES string of the molecule is Cc1cnoc1C(=O)NCc1cccc(C(=O)O)c1. The number of carbonyl (C=O) groups is 2. The number of aromatic nitrogens is 1. The smallest absolute Gasteiger partial charge is 0.335 e. The Balaban J connectivity index is 2.03.